The second kappa shape index (κ2) is 8.50. The SMILES string of the molecule is Cc1ccc(NS(=O)(=O)c2ccc(OCC(=O)NCCO)cc2)cc1. The zero-order valence-corrected chi connectivity index (χ0v) is 14.5. The number of ether oxygens (including phenoxy) is 1. The van der Waals surface area contributed by atoms with Crippen molar-refractivity contribution in [1.82, 2.24) is 5.32 Å². The first-order valence-electron chi connectivity index (χ1n) is 7.60. The summed E-state index contributed by atoms with van der Waals surface area (Å²) in [6.45, 7) is 1.71. The highest BCUT2D eigenvalue weighted by Crippen LogP contribution is 2.19. The van der Waals surface area contributed by atoms with Crippen LogP contribution in [0.5, 0.6) is 5.75 Å². The van der Waals surface area contributed by atoms with Crippen LogP contribution >= 0.6 is 0 Å². The van der Waals surface area contributed by atoms with E-state index in [0.717, 1.165) is 5.56 Å². The summed E-state index contributed by atoms with van der Waals surface area (Å²) in [5.74, 6) is 0.000204. The number of sulfonamides is 1. The van der Waals surface area contributed by atoms with Gasteiger partial charge in [0, 0.05) is 12.2 Å². The molecule has 0 atom stereocenters. The Kier molecular flexibility index (Phi) is 6.37. The number of aliphatic hydroxyl groups excluding tert-OH is 1. The second-order valence-corrected chi connectivity index (χ2v) is 6.99. The highest BCUT2D eigenvalue weighted by Gasteiger charge is 2.14. The molecule has 25 heavy (non-hydrogen) atoms. The van der Waals surface area contributed by atoms with Gasteiger partial charge in [-0.25, -0.2) is 8.42 Å². The fourth-order valence-electron chi connectivity index (χ4n) is 1.95. The first kappa shape index (κ1) is 18.8. The molecule has 0 saturated heterocycles. The van der Waals surface area contributed by atoms with Crippen molar-refractivity contribution < 1.29 is 23.1 Å². The number of benzene rings is 2. The lowest BCUT2D eigenvalue weighted by Crippen LogP contribution is -2.31. The summed E-state index contributed by atoms with van der Waals surface area (Å²) in [4.78, 5) is 11.5. The van der Waals surface area contributed by atoms with Gasteiger partial charge in [-0.3, -0.25) is 9.52 Å². The second-order valence-electron chi connectivity index (χ2n) is 5.31. The van der Waals surface area contributed by atoms with E-state index in [9.17, 15) is 13.2 Å². The van der Waals surface area contributed by atoms with Crippen LogP contribution in [-0.4, -0.2) is 39.2 Å². The van der Waals surface area contributed by atoms with Crippen LogP contribution in [0.4, 0.5) is 5.69 Å². The number of rotatable bonds is 8. The maximum absolute atomic E-state index is 12.3. The molecular formula is C17H20N2O5S. The van der Waals surface area contributed by atoms with Gasteiger partial charge in [-0.2, -0.15) is 0 Å². The van der Waals surface area contributed by atoms with Crippen LogP contribution in [0.1, 0.15) is 5.56 Å². The van der Waals surface area contributed by atoms with Gasteiger partial charge in [-0.1, -0.05) is 17.7 Å². The lowest BCUT2D eigenvalue weighted by Gasteiger charge is -2.10. The number of aryl methyl sites for hydroxylation is 1. The molecule has 0 saturated carbocycles. The minimum absolute atomic E-state index is 0.0881. The Morgan fingerprint density at radius 3 is 2.32 bits per heavy atom. The standard InChI is InChI=1S/C17H20N2O5S/c1-13-2-4-14(5-3-13)19-25(22,23)16-8-6-15(7-9-16)24-12-17(21)18-10-11-20/h2-9,19-20H,10-12H2,1H3,(H,18,21). The molecule has 2 aromatic rings. The summed E-state index contributed by atoms with van der Waals surface area (Å²) >= 11 is 0. The van der Waals surface area contributed by atoms with Gasteiger partial charge in [0.1, 0.15) is 5.75 Å². The van der Waals surface area contributed by atoms with Crippen molar-refractivity contribution in [3.8, 4) is 5.75 Å². The molecule has 0 aliphatic heterocycles. The minimum atomic E-state index is -3.70. The number of carbonyl (C=O) groups is 1. The molecule has 0 radical (unpaired) electrons. The molecule has 0 heterocycles. The number of carbonyl (C=O) groups excluding carboxylic acids is 1. The van der Waals surface area contributed by atoms with E-state index in [1.807, 2.05) is 19.1 Å². The molecule has 0 aliphatic rings. The van der Waals surface area contributed by atoms with Crippen LogP contribution in [0.15, 0.2) is 53.4 Å². The Morgan fingerprint density at radius 1 is 1.08 bits per heavy atom. The Balaban J connectivity index is 1.98. The van der Waals surface area contributed by atoms with Crippen molar-refractivity contribution in [1.29, 1.82) is 0 Å². The monoisotopic (exact) mass is 364 g/mol. The third-order valence-corrected chi connectivity index (χ3v) is 4.64. The number of anilines is 1. The van der Waals surface area contributed by atoms with E-state index in [2.05, 4.69) is 10.0 Å². The van der Waals surface area contributed by atoms with Crippen LogP contribution in [0, 0.1) is 6.92 Å². The van der Waals surface area contributed by atoms with Gasteiger partial charge in [0.15, 0.2) is 6.61 Å². The van der Waals surface area contributed by atoms with Gasteiger partial charge in [-0.15, -0.1) is 0 Å². The zero-order chi connectivity index (χ0) is 18.3. The van der Waals surface area contributed by atoms with Crippen molar-refractivity contribution in [3.63, 3.8) is 0 Å². The topological polar surface area (TPSA) is 105 Å². The third-order valence-electron chi connectivity index (χ3n) is 3.24. The first-order chi connectivity index (χ1) is 11.9. The van der Waals surface area contributed by atoms with Crippen LogP contribution in [0.2, 0.25) is 0 Å². The molecule has 0 unspecified atom stereocenters. The maximum atomic E-state index is 12.3. The summed E-state index contributed by atoms with van der Waals surface area (Å²) in [6.07, 6.45) is 0. The largest absolute Gasteiger partial charge is 0.484 e. The molecule has 0 bridgehead atoms. The molecule has 8 heteroatoms. The fourth-order valence-corrected chi connectivity index (χ4v) is 3.00. The average molecular weight is 364 g/mol. The van der Waals surface area contributed by atoms with Gasteiger partial charge in [-0.05, 0) is 43.3 Å². The van der Waals surface area contributed by atoms with Crippen molar-refractivity contribution in [2.45, 2.75) is 11.8 Å². The number of hydrogen-bond donors (Lipinski definition) is 3. The first-order valence-corrected chi connectivity index (χ1v) is 9.09. The molecule has 0 spiro atoms. The Labute approximate surface area is 146 Å². The summed E-state index contributed by atoms with van der Waals surface area (Å²) in [7, 11) is -3.70. The molecule has 3 N–H and O–H groups in total. The molecule has 7 nitrogen and oxygen atoms in total. The predicted octanol–water partition coefficient (Wildman–Crippen LogP) is 1.28. The molecule has 1 amide bonds. The van der Waals surface area contributed by atoms with Crippen molar-refractivity contribution in [3.05, 3.63) is 54.1 Å². The number of amides is 1. The van der Waals surface area contributed by atoms with Crippen LogP contribution in [0.3, 0.4) is 0 Å². The molecular weight excluding hydrogens is 344 g/mol. The minimum Gasteiger partial charge on any atom is -0.484 e. The summed E-state index contributed by atoms with van der Waals surface area (Å²) < 4.78 is 32.4. The molecule has 2 rings (SSSR count). The molecule has 134 valence electrons. The molecule has 0 aliphatic carbocycles. The Hall–Kier alpha value is -2.58. The summed E-state index contributed by atoms with van der Waals surface area (Å²) in [6, 6.07) is 12.8. The fraction of sp³-hybridized carbons (Fsp3) is 0.235. The van der Waals surface area contributed by atoms with E-state index < -0.39 is 10.0 Å². The lowest BCUT2D eigenvalue weighted by molar-refractivity contribution is -0.123. The van der Waals surface area contributed by atoms with Crippen LogP contribution in [-0.2, 0) is 14.8 Å². The smallest absolute Gasteiger partial charge is 0.261 e. The lowest BCUT2D eigenvalue weighted by atomic mass is 10.2. The molecule has 0 fully saturated rings. The average Bonchev–Trinajstić information content (AvgIpc) is 2.60. The maximum Gasteiger partial charge on any atom is 0.261 e. The Bertz CT molecular complexity index is 802. The number of aliphatic hydroxyl groups is 1. The number of hydrogen-bond acceptors (Lipinski definition) is 5. The third kappa shape index (κ3) is 5.77. The van der Waals surface area contributed by atoms with Gasteiger partial charge in [0.25, 0.3) is 15.9 Å². The van der Waals surface area contributed by atoms with E-state index in [0.29, 0.717) is 11.4 Å². The summed E-state index contributed by atoms with van der Waals surface area (Å²) in [5.41, 5.74) is 1.51. The zero-order valence-electron chi connectivity index (χ0n) is 13.7. The Morgan fingerprint density at radius 2 is 1.72 bits per heavy atom. The van der Waals surface area contributed by atoms with E-state index in [1.165, 1.54) is 24.3 Å². The van der Waals surface area contributed by atoms with E-state index in [-0.39, 0.29) is 30.6 Å². The van der Waals surface area contributed by atoms with Crippen LogP contribution < -0.4 is 14.8 Å². The normalized spacial score (nSPS) is 11.0. The molecule has 2 aromatic carbocycles. The van der Waals surface area contributed by atoms with Crippen molar-refractivity contribution in [2.24, 2.45) is 0 Å². The van der Waals surface area contributed by atoms with Gasteiger partial charge in [0.2, 0.25) is 0 Å². The van der Waals surface area contributed by atoms with Crippen molar-refractivity contribution >= 4 is 21.6 Å². The van der Waals surface area contributed by atoms with Gasteiger partial charge >= 0.3 is 0 Å². The molecule has 0 aromatic heterocycles. The van der Waals surface area contributed by atoms with E-state index in [1.54, 1.807) is 12.1 Å². The van der Waals surface area contributed by atoms with Crippen LogP contribution in [0.25, 0.3) is 0 Å². The quantitative estimate of drug-likeness (QED) is 0.655. The van der Waals surface area contributed by atoms with Crippen molar-refractivity contribution in [2.75, 3.05) is 24.5 Å². The predicted molar refractivity (Wildman–Crippen MR) is 94.0 cm³/mol. The number of nitrogens with one attached hydrogen (secondary N) is 2. The van der Waals surface area contributed by atoms with E-state index in [4.69, 9.17) is 9.84 Å². The van der Waals surface area contributed by atoms with E-state index >= 15 is 0 Å². The highest BCUT2D eigenvalue weighted by molar-refractivity contribution is 7.92. The van der Waals surface area contributed by atoms with Gasteiger partial charge < -0.3 is 15.2 Å². The van der Waals surface area contributed by atoms with Gasteiger partial charge in [0.05, 0.1) is 11.5 Å². The summed E-state index contributed by atoms with van der Waals surface area (Å²) in [5, 5.41) is 11.1. The highest BCUT2D eigenvalue weighted by atomic mass is 32.2.